The number of hydrogen-bond donors (Lipinski definition) is 3. The highest BCUT2D eigenvalue weighted by Gasteiger charge is 2.34. The molecule has 6 nitrogen and oxygen atoms in total. The van der Waals surface area contributed by atoms with E-state index in [2.05, 4.69) is 5.32 Å². The Morgan fingerprint density at radius 1 is 1.39 bits per heavy atom. The average Bonchev–Trinajstić information content (AvgIpc) is 2.79. The van der Waals surface area contributed by atoms with Crippen LogP contribution in [0, 0.1) is 11.8 Å². The number of ether oxygens (including phenoxy) is 1. The van der Waals surface area contributed by atoms with Gasteiger partial charge in [0.15, 0.2) is 0 Å². The van der Waals surface area contributed by atoms with Gasteiger partial charge in [0.1, 0.15) is 0 Å². The first-order chi connectivity index (χ1) is 8.58. The summed E-state index contributed by atoms with van der Waals surface area (Å²) in [7, 11) is 1.53. The lowest BCUT2D eigenvalue weighted by Crippen LogP contribution is -2.41. The number of carboxylic acid groups (broad SMARTS) is 1. The molecule has 18 heavy (non-hydrogen) atoms. The molecule has 1 fully saturated rings. The van der Waals surface area contributed by atoms with Gasteiger partial charge >= 0.3 is 5.97 Å². The van der Waals surface area contributed by atoms with Crippen molar-refractivity contribution < 1.29 is 24.5 Å². The molecule has 1 aliphatic rings. The van der Waals surface area contributed by atoms with Gasteiger partial charge < -0.3 is 20.3 Å². The highest BCUT2D eigenvalue weighted by Crippen LogP contribution is 2.31. The molecule has 3 atom stereocenters. The Morgan fingerprint density at radius 3 is 2.56 bits per heavy atom. The number of nitrogens with one attached hydrogen (secondary N) is 1. The van der Waals surface area contributed by atoms with Crippen molar-refractivity contribution in [2.45, 2.75) is 31.7 Å². The summed E-state index contributed by atoms with van der Waals surface area (Å²) in [5, 5.41) is 20.6. The number of carbonyl (C=O) groups is 2. The topological polar surface area (TPSA) is 95.9 Å². The van der Waals surface area contributed by atoms with Crippen molar-refractivity contribution >= 4 is 11.9 Å². The van der Waals surface area contributed by atoms with Crippen molar-refractivity contribution in [1.82, 2.24) is 5.32 Å². The predicted molar refractivity (Wildman–Crippen MR) is 64.0 cm³/mol. The monoisotopic (exact) mass is 259 g/mol. The van der Waals surface area contributed by atoms with Crippen LogP contribution in [0.4, 0.5) is 0 Å². The van der Waals surface area contributed by atoms with E-state index in [0.29, 0.717) is 32.3 Å². The zero-order chi connectivity index (χ0) is 13.5. The van der Waals surface area contributed by atoms with Crippen LogP contribution in [0.15, 0.2) is 0 Å². The van der Waals surface area contributed by atoms with E-state index in [9.17, 15) is 9.59 Å². The van der Waals surface area contributed by atoms with Gasteiger partial charge in [-0.1, -0.05) is 0 Å². The molecular formula is C12H21NO5. The van der Waals surface area contributed by atoms with E-state index in [1.807, 2.05) is 0 Å². The maximum Gasteiger partial charge on any atom is 0.306 e. The fraction of sp³-hybridized carbons (Fsp3) is 0.833. The molecule has 1 saturated carbocycles. The van der Waals surface area contributed by atoms with Gasteiger partial charge in [-0.05, 0) is 25.7 Å². The smallest absolute Gasteiger partial charge is 0.306 e. The van der Waals surface area contributed by atoms with Crippen molar-refractivity contribution in [3.05, 3.63) is 0 Å². The summed E-state index contributed by atoms with van der Waals surface area (Å²) in [5.41, 5.74) is 0. The van der Waals surface area contributed by atoms with Crippen LogP contribution in [0.5, 0.6) is 0 Å². The molecule has 0 aromatic rings. The Balaban J connectivity index is 2.42. The maximum atomic E-state index is 11.9. The largest absolute Gasteiger partial charge is 0.481 e. The Kier molecular flexibility index (Phi) is 6.07. The molecule has 104 valence electrons. The van der Waals surface area contributed by atoms with E-state index in [0.717, 1.165) is 0 Å². The Labute approximate surface area is 106 Å². The van der Waals surface area contributed by atoms with Gasteiger partial charge in [-0.15, -0.1) is 0 Å². The molecule has 1 amide bonds. The number of rotatable bonds is 7. The minimum atomic E-state index is -0.825. The molecule has 0 spiro atoms. The number of carbonyl (C=O) groups excluding carboxylic acids is 1. The third kappa shape index (κ3) is 4.27. The van der Waals surface area contributed by atoms with Gasteiger partial charge in [0, 0.05) is 19.6 Å². The van der Waals surface area contributed by atoms with E-state index < -0.39 is 11.9 Å². The van der Waals surface area contributed by atoms with E-state index in [-0.39, 0.29) is 24.5 Å². The van der Waals surface area contributed by atoms with Gasteiger partial charge in [-0.2, -0.15) is 0 Å². The van der Waals surface area contributed by atoms with Crippen molar-refractivity contribution in [3.8, 4) is 0 Å². The SMILES string of the molecule is COCC(CCO)NC(=O)[C@@H]1CC[C@H](C(=O)O)C1. The summed E-state index contributed by atoms with van der Waals surface area (Å²) in [6.45, 7) is 0.331. The molecule has 0 aromatic heterocycles. The number of aliphatic hydroxyl groups is 1. The molecule has 1 aliphatic carbocycles. The molecule has 0 aromatic carbocycles. The molecule has 0 heterocycles. The molecule has 1 unspecified atom stereocenters. The van der Waals surface area contributed by atoms with Crippen molar-refractivity contribution in [3.63, 3.8) is 0 Å². The van der Waals surface area contributed by atoms with Crippen LogP contribution in [0.3, 0.4) is 0 Å². The molecule has 3 N–H and O–H groups in total. The highest BCUT2D eigenvalue weighted by atomic mass is 16.5. The number of hydrogen-bond acceptors (Lipinski definition) is 4. The summed E-state index contributed by atoms with van der Waals surface area (Å²) < 4.78 is 4.96. The highest BCUT2D eigenvalue weighted by molar-refractivity contribution is 5.81. The van der Waals surface area contributed by atoms with Gasteiger partial charge in [-0.25, -0.2) is 0 Å². The van der Waals surface area contributed by atoms with Crippen LogP contribution < -0.4 is 5.32 Å². The van der Waals surface area contributed by atoms with E-state index in [1.54, 1.807) is 0 Å². The van der Waals surface area contributed by atoms with Crippen molar-refractivity contribution in [1.29, 1.82) is 0 Å². The van der Waals surface area contributed by atoms with Gasteiger partial charge in [0.05, 0.1) is 18.6 Å². The summed E-state index contributed by atoms with van der Waals surface area (Å²) >= 11 is 0. The number of aliphatic carboxylic acids is 1. The van der Waals surface area contributed by atoms with Crippen LogP contribution in [0.25, 0.3) is 0 Å². The van der Waals surface area contributed by atoms with Crippen LogP contribution in [0.1, 0.15) is 25.7 Å². The number of amides is 1. The van der Waals surface area contributed by atoms with Gasteiger partial charge in [-0.3, -0.25) is 9.59 Å². The Morgan fingerprint density at radius 2 is 2.06 bits per heavy atom. The minimum Gasteiger partial charge on any atom is -0.481 e. The van der Waals surface area contributed by atoms with Crippen LogP contribution in [-0.2, 0) is 14.3 Å². The number of aliphatic hydroxyl groups excluding tert-OH is 1. The molecule has 1 rings (SSSR count). The Bertz CT molecular complexity index is 288. The zero-order valence-corrected chi connectivity index (χ0v) is 10.6. The van der Waals surface area contributed by atoms with E-state index in [1.165, 1.54) is 7.11 Å². The third-order valence-electron chi connectivity index (χ3n) is 3.34. The maximum absolute atomic E-state index is 11.9. The standard InChI is InChI=1S/C12H21NO5/c1-18-7-10(4-5-14)13-11(15)8-2-3-9(6-8)12(16)17/h8-10,14H,2-7H2,1H3,(H,13,15)(H,16,17)/t8-,9+,10?/m1/s1. The predicted octanol–water partition coefficient (Wildman–Crippen LogP) is 0.000900. The third-order valence-corrected chi connectivity index (χ3v) is 3.34. The summed E-state index contributed by atoms with van der Waals surface area (Å²) in [5.74, 6) is -1.59. The lowest BCUT2D eigenvalue weighted by molar-refractivity contribution is -0.141. The molecule has 0 radical (unpaired) electrons. The van der Waals surface area contributed by atoms with E-state index >= 15 is 0 Å². The van der Waals surface area contributed by atoms with Crippen LogP contribution in [0.2, 0.25) is 0 Å². The number of methoxy groups -OCH3 is 1. The molecule has 0 aliphatic heterocycles. The van der Waals surface area contributed by atoms with Crippen molar-refractivity contribution in [2.75, 3.05) is 20.3 Å². The first kappa shape index (κ1) is 14.9. The second kappa shape index (κ2) is 7.33. The normalized spacial score (nSPS) is 24.8. The minimum absolute atomic E-state index is 0.0171. The molecular weight excluding hydrogens is 238 g/mol. The second-order valence-corrected chi connectivity index (χ2v) is 4.72. The summed E-state index contributed by atoms with van der Waals surface area (Å²) in [4.78, 5) is 22.7. The van der Waals surface area contributed by atoms with Crippen LogP contribution in [-0.4, -0.2) is 48.5 Å². The first-order valence-electron chi connectivity index (χ1n) is 6.21. The van der Waals surface area contributed by atoms with E-state index in [4.69, 9.17) is 14.9 Å². The Hall–Kier alpha value is -1.14. The lowest BCUT2D eigenvalue weighted by Gasteiger charge is -2.19. The summed E-state index contributed by atoms with van der Waals surface area (Å²) in [6, 6.07) is -0.212. The average molecular weight is 259 g/mol. The molecule has 0 bridgehead atoms. The second-order valence-electron chi connectivity index (χ2n) is 4.72. The quantitative estimate of drug-likeness (QED) is 0.598. The van der Waals surface area contributed by atoms with Gasteiger partial charge in [0.25, 0.3) is 0 Å². The van der Waals surface area contributed by atoms with Crippen molar-refractivity contribution in [2.24, 2.45) is 11.8 Å². The summed E-state index contributed by atoms with van der Waals surface area (Å²) in [6.07, 6.45) is 2.01. The fourth-order valence-corrected chi connectivity index (χ4v) is 2.32. The molecule has 0 saturated heterocycles. The fourth-order valence-electron chi connectivity index (χ4n) is 2.32. The van der Waals surface area contributed by atoms with Gasteiger partial charge in [0.2, 0.25) is 5.91 Å². The zero-order valence-electron chi connectivity index (χ0n) is 10.6. The first-order valence-corrected chi connectivity index (χ1v) is 6.21. The number of carboxylic acids is 1. The molecule has 6 heteroatoms. The van der Waals surface area contributed by atoms with Crippen LogP contribution >= 0.6 is 0 Å². The lowest BCUT2D eigenvalue weighted by atomic mass is 10.0.